The molecule has 1 heterocycles. The van der Waals surface area contributed by atoms with Crippen molar-refractivity contribution in [1.82, 2.24) is 0 Å². The van der Waals surface area contributed by atoms with E-state index in [1.807, 2.05) is 0 Å². The number of nitrogens with zero attached hydrogens (tertiary/aromatic N) is 1. The van der Waals surface area contributed by atoms with Gasteiger partial charge in [0.05, 0.1) is 5.56 Å². The largest absolute Gasteiger partial charge is 0.486 e. The quantitative estimate of drug-likeness (QED) is 0.337. The Labute approximate surface area is 176 Å². The summed E-state index contributed by atoms with van der Waals surface area (Å²) in [5.74, 6) is 1.36. The highest BCUT2D eigenvalue weighted by Gasteiger charge is 2.30. The van der Waals surface area contributed by atoms with Gasteiger partial charge in [-0.25, -0.2) is 0 Å². The predicted molar refractivity (Wildman–Crippen MR) is 108 cm³/mol. The molecule has 162 valence electrons. The monoisotopic (exact) mass is 431 g/mol. The van der Waals surface area contributed by atoms with Crippen molar-refractivity contribution < 1.29 is 32.0 Å². The molecule has 0 amide bonds. The second-order valence-corrected chi connectivity index (χ2v) is 7.48. The number of hydrogen-bond donors (Lipinski definition) is 0. The minimum atomic E-state index is -4.37. The van der Waals surface area contributed by atoms with Crippen LogP contribution in [0.15, 0.2) is 58.1 Å². The van der Waals surface area contributed by atoms with Crippen molar-refractivity contribution in [2.45, 2.75) is 32.5 Å². The second-order valence-electron chi connectivity index (χ2n) is 7.48. The summed E-state index contributed by atoms with van der Waals surface area (Å²) >= 11 is 0. The Kier molecular flexibility index (Phi) is 5.71. The first-order chi connectivity index (χ1) is 14.8. The maximum absolute atomic E-state index is 12.6. The normalized spacial score (nSPS) is 14.6. The molecule has 1 aromatic heterocycles. The number of fused-ring (bicyclic) bond motifs is 1. The highest BCUT2D eigenvalue weighted by atomic mass is 19.4. The van der Waals surface area contributed by atoms with E-state index in [2.05, 4.69) is 5.16 Å². The number of hydrogen-bond acceptors (Lipinski definition) is 5. The maximum atomic E-state index is 12.6. The highest BCUT2D eigenvalue weighted by Crippen LogP contribution is 2.31. The fraction of sp³-hybridized carbons (Fsp3) is 0.304. The van der Waals surface area contributed by atoms with Crippen LogP contribution in [0.2, 0.25) is 0 Å². The molecule has 0 saturated heterocycles. The number of halogens is 3. The minimum Gasteiger partial charge on any atom is -0.486 e. The number of benzene rings is 2. The number of oxime groups is 1. The lowest BCUT2D eigenvalue weighted by molar-refractivity contribution is -0.137. The summed E-state index contributed by atoms with van der Waals surface area (Å²) in [6.07, 6.45) is -2.47. The van der Waals surface area contributed by atoms with Crippen molar-refractivity contribution in [3.05, 3.63) is 65.4 Å². The van der Waals surface area contributed by atoms with Crippen molar-refractivity contribution in [1.29, 1.82) is 0 Å². The number of Topliss-reactive ketones (excluding diaryl/α,β-unsaturated/α-hetero) is 1. The number of alkyl halides is 3. The van der Waals surface area contributed by atoms with Gasteiger partial charge in [-0.2, -0.15) is 13.2 Å². The zero-order chi connectivity index (χ0) is 22.0. The average Bonchev–Trinajstić information content (AvgIpc) is 3.50. The Morgan fingerprint density at radius 3 is 2.55 bits per heavy atom. The van der Waals surface area contributed by atoms with Crippen molar-refractivity contribution in [3.63, 3.8) is 0 Å². The molecule has 0 N–H and O–H groups in total. The van der Waals surface area contributed by atoms with E-state index in [0.29, 0.717) is 28.4 Å². The van der Waals surface area contributed by atoms with E-state index in [4.69, 9.17) is 14.0 Å². The molecule has 0 atom stereocenters. The Morgan fingerprint density at radius 2 is 1.87 bits per heavy atom. The van der Waals surface area contributed by atoms with Gasteiger partial charge in [0, 0.05) is 11.3 Å². The van der Waals surface area contributed by atoms with E-state index in [9.17, 15) is 18.0 Å². The van der Waals surface area contributed by atoms with Gasteiger partial charge in [0.2, 0.25) is 0 Å². The number of rotatable bonds is 8. The van der Waals surface area contributed by atoms with Crippen molar-refractivity contribution >= 4 is 22.5 Å². The third-order valence-electron chi connectivity index (χ3n) is 4.97. The molecule has 1 fully saturated rings. The molecule has 8 heteroatoms. The van der Waals surface area contributed by atoms with Crippen LogP contribution in [-0.2, 0) is 22.4 Å². The fourth-order valence-corrected chi connectivity index (χ4v) is 3.01. The summed E-state index contributed by atoms with van der Waals surface area (Å²) in [7, 11) is 0. The summed E-state index contributed by atoms with van der Waals surface area (Å²) in [5, 5.41) is 4.78. The van der Waals surface area contributed by atoms with Gasteiger partial charge in [-0.15, -0.1) is 0 Å². The summed E-state index contributed by atoms with van der Waals surface area (Å²) in [6.45, 7) is 1.80. The SMILES string of the molecule is C/C(=N\OCc1ccc(C(F)(F)F)cc1)c1cc2cc(OCC(=O)C3CC3)ccc2o1. The molecule has 4 rings (SSSR count). The van der Waals surface area contributed by atoms with E-state index in [0.717, 1.165) is 30.4 Å². The Balaban J connectivity index is 1.36. The van der Waals surface area contributed by atoms with E-state index >= 15 is 0 Å². The molecule has 3 aromatic rings. The zero-order valence-corrected chi connectivity index (χ0v) is 16.7. The summed E-state index contributed by atoms with van der Waals surface area (Å²) in [4.78, 5) is 17.0. The molecule has 31 heavy (non-hydrogen) atoms. The van der Waals surface area contributed by atoms with Crippen LogP contribution in [0.5, 0.6) is 5.75 Å². The maximum Gasteiger partial charge on any atom is 0.416 e. The molecule has 0 radical (unpaired) electrons. The lowest BCUT2D eigenvalue weighted by Gasteiger charge is -2.07. The fourth-order valence-electron chi connectivity index (χ4n) is 3.01. The van der Waals surface area contributed by atoms with Gasteiger partial charge < -0.3 is 14.0 Å². The molecular formula is C23H20F3NO4. The van der Waals surface area contributed by atoms with Gasteiger partial charge in [-0.3, -0.25) is 4.79 Å². The first kappa shape index (κ1) is 21.0. The van der Waals surface area contributed by atoms with Crippen LogP contribution >= 0.6 is 0 Å². The Morgan fingerprint density at radius 1 is 1.13 bits per heavy atom. The standard InChI is InChI=1S/C23H20F3NO4/c1-14(27-30-12-15-2-6-18(7-3-15)23(24,25)26)22-11-17-10-19(8-9-21(17)31-22)29-13-20(28)16-4-5-16/h2-3,6-11,16H,4-5,12-13H2,1H3/b27-14+. The van der Waals surface area contributed by atoms with Crippen LogP contribution in [0.1, 0.15) is 36.7 Å². The molecule has 2 aromatic carbocycles. The second kappa shape index (κ2) is 8.45. The Bertz CT molecular complexity index is 1110. The number of ketones is 1. The first-order valence-corrected chi connectivity index (χ1v) is 9.82. The highest BCUT2D eigenvalue weighted by molar-refractivity contribution is 5.99. The molecule has 1 saturated carbocycles. The number of carbonyl (C=O) groups excluding carboxylic acids is 1. The smallest absolute Gasteiger partial charge is 0.416 e. The van der Waals surface area contributed by atoms with Crippen molar-refractivity contribution in [2.75, 3.05) is 6.61 Å². The summed E-state index contributed by atoms with van der Waals surface area (Å²) in [6, 6.07) is 11.8. The summed E-state index contributed by atoms with van der Waals surface area (Å²) < 4.78 is 49.1. The summed E-state index contributed by atoms with van der Waals surface area (Å²) in [5.41, 5.74) is 0.970. The third kappa shape index (κ3) is 5.25. The van der Waals surface area contributed by atoms with Crippen LogP contribution in [0.3, 0.4) is 0 Å². The molecule has 0 bridgehead atoms. The van der Waals surface area contributed by atoms with Crippen LogP contribution in [0, 0.1) is 5.92 Å². The lowest BCUT2D eigenvalue weighted by atomic mass is 10.1. The van der Waals surface area contributed by atoms with Gasteiger partial charge in [-0.05, 0) is 61.7 Å². The topological polar surface area (TPSA) is 61.0 Å². The van der Waals surface area contributed by atoms with Crippen molar-refractivity contribution in [2.24, 2.45) is 11.1 Å². The first-order valence-electron chi connectivity index (χ1n) is 9.82. The van der Waals surface area contributed by atoms with Gasteiger partial charge in [0.1, 0.15) is 30.3 Å². The average molecular weight is 431 g/mol. The van der Waals surface area contributed by atoms with E-state index in [1.165, 1.54) is 12.1 Å². The van der Waals surface area contributed by atoms with Crippen LogP contribution in [-0.4, -0.2) is 18.1 Å². The van der Waals surface area contributed by atoms with Crippen LogP contribution < -0.4 is 4.74 Å². The molecule has 0 aliphatic heterocycles. The Hall–Kier alpha value is -3.29. The van der Waals surface area contributed by atoms with Crippen LogP contribution in [0.25, 0.3) is 11.0 Å². The molecule has 1 aliphatic carbocycles. The zero-order valence-electron chi connectivity index (χ0n) is 16.7. The molecule has 5 nitrogen and oxygen atoms in total. The molecule has 1 aliphatic rings. The van der Waals surface area contributed by atoms with Gasteiger partial charge in [-0.1, -0.05) is 17.3 Å². The number of ether oxygens (including phenoxy) is 1. The molecular weight excluding hydrogens is 411 g/mol. The predicted octanol–water partition coefficient (Wildman–Crippen LogP) is 5.75. The lowest BCUT2D eigenvalue weighted by Crippen LogP contribution is -2.12. The van der Waals surface area contributed by atoms with E-state index in [1.54, 1.807) is 31.2 Å². The van der Waals surface area contributed by atoms with E-state index < -0.39 is 11.7 Å². The van der Waals surface area contributed by atoms with Gasteiger partial charge >= 0.3 is 6.18 Å². The number of carbonyl (C=O) groups is 1. The van der Waals surface area contributed by atoms with Crippen LogP contribution in [0.4, 0.5) is 13.2 Å². The minimum absolute atomic E-state index is 0.0305. The van der Waals surface area contributed by atoms with E-state index in [-0.39, 0.29) is 24.9 Å². The van der Waals surface area contributed by atoms with Gasteiger partial charge in [0.15, 0.2) is 11.5 Å². The van der Waals surface area contributed by atoms with Crippen molar-refractivity contribution in [3.8, 4) is 5.75 Å². The number of furan rings is 1. The van der Waals surface area contributed by atoms with Gasteiger partial charge in [0.25, 0.3) is 0 Å². The molecule has 0 unspecified atom stereocenters. The molecule has 0 spiro atoms. The third-order valence-corrected chi connectivity index (χ3v) is 4.97.